The van der Waals surface area contributed by atoms with E-state index in [1.165, 1.54) is 19.4 Å². The van der Waals surface area contributed by atoms with Crippen LogP contribution >= 0.6 is 0 Å². The molecule has 1 aliphatic rings. The molecule has 1 aliphatic heterocycles. The van der Waals surface area contributed by atoms with Gasteiger partial charge in [0.15, 0.2) is 0 Å². The summed E-state index contributed by atoms with van der Waals surface area (Å²) in [5, 5.41) is 0. The van der Waals surface area contributed by atoms with E-state index in [2.05, 4.69) is 25.8 Å². The van der Waals surface area contributed by atoms with E-state index in [9.17, 15) is 0 Å². The summed E-state index contributed by atoms with van der Waals surface area (Å²) < 4.78 is 0. The first-order chi connectivity index (χ1) is 6.94. The largest absolute Gasteiger partial charge is 0.330 e. The molecule has 15 heavy (non-hydrogen) atoms. The molecule has 0 saturated carbocycles. The van der Waals surface area contributed by atoms with Crippen LogP contribution in [0.5, 0.6) is 0 Å². The van der Waals surface area contributed by atoms with Crippen molar-refractivity contribution in [2.75, 3.05) is 26.7 Å². The van der Waals surface area contributed by atoms with Gasteiger partial charge in [-0.25, -0.2) is 0 Å². The molecule has 0 aromatic heterocycles. The third-order valence-electron chi connectivity index (χ3n) is 3.61. The van der Waals surface area contributed by atoms with Crippen molar-refractivity contribution in [1.29, 1.82) is 0 Å². The van der Waals surface area contributed by atoms with Crippen molar-refractivity contribution in [1.82, 2.24) is 4.90 Å². The molecule has 4 N–H and O–H groups in total. The van der Waals surface area contributed by atoms with Gasteiger partial charge in [-0.15, -0.1) is 0 Å². The second-order valence-corrected chi connectivity index (χ2v) is 5.90. The Labute approximate surface area is 94.2 Å². The molecule has 0 aliphatic carbocycles. The van der Waals surface area contributed by atoms with Crippen molar-refractivity contribution >= 4 is 0 Å². The smallest absolute Gasteiger partial charge is 0.00849 e. The summed E-state index contributed by atoms with van der Waals surface area (Å²) in [6.45, 7) is 7.52. The lowest BCUT2D eigenvalue weighted by Gasteiger charge is -2.36. The van der Waals surface area contributed by atoms with Gasteiger partial charge in [0.05, 0.1) is 0 Å². The number of rotatable bonds is 4. The summed E-state index contributed by atoms with van der Waals surface area (Å²) in [6, 6.07) is 0.311. The predicted molar refractivity (Wildman–Crippen MR) is 65.6 cm³/mol. The van der Waals surface area contributed by atoms with E-state index in [1.54, 1.807) is 0 Å². The fourth-order valence-corrected chi connectivity index (χ4v) is 2.44. The Balaban J connectivity index is 2.42. The van der Waals surface area contributed by atoms with Crippen LogP contribution in [0.3, 0.4) is 0 Å². The molecule has 1 fully saturated rings. The zero-order valence-electron chi connectivity index (χ0n) is 10.5. The van der Waals surface area contributed by atoms with Crippen molar-refractivity contribution < 1.29 is 0 Å². The van der Waals surface area contributed by atoms with Crippen LogP contribution < -0.4 is 11.5 Å². The first-order valence-electron chi connectivity index (χ1n) is 6.09. The fourth-order valence-electron chi connectivity index (χ4n) is 2.44. The van der Waals surface area contributed by atoms with Crippen molar-refractivity contribution in [3.63, 3.8) is 0 Å². The van der Waals surface area contributed by atoms with E-state index in [1.807, 2.05) is 0 Å². The number of likely N-dealkylation sites (tertiary alicyclic amines) is 1. The van der Waals surface area contributed by atoms with E-state index in [0.717, 1.165) is 19.5 Å². The average molecular weight is 213 g/mol. The average Bonchev–Trinajstić information content (AvgIpc) is 2.17. The van der Waals surface area contributed by atoms with Crippen LogP contribution in [-0.4, -0.2) is 37.6 Å². The lowest BCUT2D eigenvalue weighted by molar-refractivity contribution is 0.163. The molecule has 0 spiro atoms. The Morgan fingerprint density at radius 3 is 2.67 bits per heavy atom. The summed E-state index contributed by atoms with van der Waals surface area (Å²) in [5.74, 6) is 0.662. The molecule has 3 heteroatoms. The van der Waals surface area contributed by atoms with E-state index in [4.69, 9.17) is 11.5 Å². The topological polar surface area (TPSA) is 55.3 Å². The molecule has 0 amide bonds. The molecular formula is C12H27N3. The monoisotopic (exact) mass is 213 g/mol. The van der Waals surface area contributed by atoms with Gasteiger partial charge in [-0.3, -0.25) is 0 Å². The second-order valence-electron chi connectivity index (χ2n) is 5.90. The maximum atomic E-state index is 6.29. The van der Waals surface area contributed by atoms with Crippen molar-refractivity contribution in [2.24, 2.45) is 22.8 Å². The third kappa shape index (κ3) is 4.09. The lowest BCUT2D eigenvalue weighted by atomic mass is 9.79. The molecule has 0 aromatic carbocycles. The number of nitrogens with two attached hydrogens (primary N) is 2. The third-order valence-corrected chi connectivity index (χ3v) is 3.61. The van der Waals surface area contributed by atoms with Crippen LogP contribution in [0.4, 0.5) is 0 Å². The van der Waals surface area contributed by atoms with Gasteiger partial charge >= 0.3 is 0 Å². The number of hydrogen-bond donors (Lipinski definition) is 2. The lowest BCUT2D eigenvalue weighted by Crippen LogP contribution is -2.44. The molecule has 3 nitrogen and oxygen atoms in total. The van der Waals surface area contributed by atoms with Crippen LogP contribution in [0.2, 0.25) is 0 Å². The standard InChI is InChI=1S/C12H27N3/c1-12(2,9-13)7-11(14)10-5-4-6-15(3)8-10/h10-11H,4-9,13-14H2,1-3H3. The molecular weight excluding hydrogens is 186 g/mol. The summed E-state index contributed by atoms with van der Waals surface area (Å²) in [6.07, 6.45) is 3.62. The molecule has 1 rings (SSSR count). The summed E-state index contributed by atoms with van der Waals surface area (Å²) in [4.78, 5) is 2.39. The Morgan fingerprint density at radius 2 is 2.13 bits per heavy atom. The van der Waals surface area contributed by atoms with Gasteiger partial charge in [0.2, 0.25) is 0 Å². The number of piperidine rings is 1. The Bertz CT molecular complexity index is 191. The van der Waals surface area contributed by atoms with Crippen molar-refractivity contribution in [3.8, 4) is 0 Å². The molecule has 1 heterocycles. The molecule has 0 radical (unpaired) electrons. The minimum Gasteiger partial charge on any atom is -0.330 e. The SMILES string of the molecule is CN1CCCC(C(N)CC(C)(C)CN)C1. The maximum absolute atomic E-state index is 6.29. The number of hydrogen-bond acceptors (Lipinski definition) is 3. The van der Waals surface area contributed by atoms with Gasteiger partial charge in [-0.1, -0.05) is 13.8 Å². The molecule has 0 bridgehead atoms. The van der Waals surface area contributed by atoms with E-state index < -0.39 is 0 Å². The highest BCUT2D eigenvalue weighted by molar-refractivity contribution is 4.84. The molecule has 2 atom stereocenters. The minimum absolute atomic E-state index is 0.190. The highest BCUT2D eigenvalue weighted by atomic mass is 15.1. The van der Waals surface area contributed by atoms with Gasteiger partial charge in [0.1, 0.15) is 0 Å². The van der Waals surface area contributed by atoms with Gasteiger partial charge in [-0.2, -0.15) is 0 Å². The van der Waals surface area contributed by atoms with Crippen LogP contribution in [0, 0.1) is 11.3 Å². The quantitative estimate of drug-likeness (QED) is 0.733. The van der Waals surface area contributed by atoms with E-state index in [0.29, 0.717) is 12.0 Å². The van der Waals surface area contributed by atoms with Gasteiger partial charge in [0.25, 0.3) is 0 Å². The summed E-state index contributed by atoms with van der Waals surface area (Å²) in [7, 11) is 2.19. The predicted octanol–water partition coefficient (Wildman–Crippen LogP) is 1.03. The van der Waals surface area contributed by atoms with Crippen LogP contribution in [0.25, 0.3) is 0 Å². The first kappa shape index (κ1) is 12.9. The summed E-state index contributed by atoms with van der Waals surface area (Å²) in [5.41, 5.74) is 12.2. The van der Waals surface area contributed by atoms with Crippen LogP contribution in [-0.2, 0) is 0 Å². The number of nitrogens with zero attached hydrogens (tertiary/aromatic N) is 1. The Kier molecular flexibility index (Phi) is 4.56. The van der Waals surface area contributed by atoms with E-state index >= 15 is 0 Å². The van der Waals surface area contributed by atoms with Crippen molar-refractivity contribution in [2.45, 2.75) is 39.2 Å². The fraction of sp³-hybridized carbons (Fsp3) is 1.00. The minimum atomic E-state index is 0.190. The highest BCUT2D eigenvalue weighted by Gasteiger charge is 2.27. The summed E-state index contributed by atoms with van der Waals surface area (Å²) >= 11 is 0. The zero-order chi connectivity index (χ0) is 11.5. The Morgan fingerprint density at radius 1 is 1.47 bits per heavy atom. The Hall–Kier alpha value is -0.120. The zero-order valence-corrected chi connectivity index (χ0v) is 10.5. The normalized spacial score (nSPS) is 26.6. The molecule has 1 saturated heterocycles. The maximum Gasteiger partial charge on any atom is 0.00849 e. The molecule has 2 unspecified atom stereocenters. The second kappa shape index (κ2) is 5.28. The van der Waals surface area contributed by atoms with Crippen molar-refractivity contribution in [3.05, 3.63) is 0 Å². The van der Waals surface area contributed by atoms with Gasteiger partial charge < -0.3 is 16.4 Å². The highest BCUT2D eigenvalue weighted by Crippen LogP contribution is 2.26. The first-order valence-corrected chi connectivity index (χ1v) is 6.09. The van der Waals surface area contributed by atoms with Gasteiger partial charge in [0, 0.05) is 12.6 Å². The van der Waals surface area contributed by atoms with Gasteiger partial charge in [-0.05, 0) is 50.7 Å². The molecule has 90 valence electrons. The van der Waals surface area contributed by atoms with Crippen LogP contribution in [0.15, 0.2) is 0 Å². The van der Waals surface area contributed by atoms with E-state index in [-0.39, 0.29) is 5.41 Å². The molecule has 0 aromatic rings. The van der Waals surface area contributed by atoms with Crippen LogP contribution in [0.1, 0.15) is 33.1 Å².